The number of carbonyl (C=O) groups excluding carboxylic acids is 2. The van der Waals surface area contributed by atoms with Crippen molar-refractivity contribution in [2.75, 3.05) is 17.7 Å². The molecule has 0 aliphatic rings. The minimum Gasteiger partial charge on any atom is -0.465 e. The Bertz CT molecular complexity index is 996. The van der Waals surface area contributed by atoms with Crippen molar-refractivity contribution in [1.82, 2.24) is 9.97 Å². The lowest BCUT2D eigenvalue weighted by Gasteiger charge is -2.09. The Kier molecular flexibility index (Phi) is 5.64. The maximum Gasteiger partial charge on any atom is 0.337 e. The summed E-state index contributed by atoms with van der Waals surface area (Å²) in [5.41, 5.74) is 4.25. The van der Waals surface area contributed by atoms with Gasteiger partial charge in [0.25, 0.3) is 5.91 Å². The van der Waals surface area contributed by atoms with Crippen molar-refractivity contribution in [3.05, 3.63) is 77.1 Å². The summed E-state index contributed by atoms with van der Waals surface area (Å²) in [6.07, 6.45) is 2.88. The highest BCUT2D eigenvalue weighted by Gasteiger charge is 2.10. The van der Waals surface area contributed by atoms with Crippen LogP contribution in [0, 0.1) is 13.8 Å². The van der Waals surface area contributed by atoms with Gasteiger partial charge in [-0.05, 0) is 55.3 Å². The van der Waals surface area contributed by atoms with Crippen LogP contribution >= 0.6 is 0 Å². The average Bonchev–Trinajstić information content (AvgIpc) is 2.67. The molecule has 28 heavy (non-hydrogen) atoms. The average molecular weight is 376 g/mol. The molecule has 1 heterocycles. The fourth-order valence-electron chi connectivity index (χ4n) is 2.73. The van der Waals surface area contributed by atoms with Crippen LogP contribution in [0.2, 0.25) is 0 Å². The van der Waals surface area contributed by atoms with Gasteiger partial charge in [0.05, 0.1) is 18.2 Å². The number of hydrogen-bond acceptors (Lipinski definition) is 6. The predicted octanol–water partition coefficient (Wildman–Crippen LogP) is 3.88. The first-order valence-electron chi connectivity index (χ1n) is 8.62. The largest absolute Gasteiger partial charge is 0.465 e. The van der Waals surface area contributed by atoms with Crippen LogP contribution in [0.5, 0.6) is 0 Å². The number of rotatable bonds is 5. The quantitative estimate of drug-likeness (QED) is 0.657. The number of ether oxygens (including phenoxy) is 1. The molecule has 3 aromatic rings. The van der Waals surface area contributed by atoms with Crippen molar-refractivity contribution >= 4 is 29.2 Å². The zero-order valence-corrected chi connectivity index (χ0v) is 15.8. The number of nitrogens with zero attached hydrogens (tertiary/aromatic N) is 2. The number of carbonyl (C=O) groups is 2. The van der Waals surface area contributed by atoms with E-state index in [1.165, 1.54) is 19.5 Å². The smallest absolute Gasteiger partial charge is 0.337 e. The van der Waals surface area contributed by atoms with Crippen molar-refractivity contribution in [3.63, 3.8) is 0 Å². The van der Waals surface area contributed by atoms with Crippen LogP contribution in [-0.2, 0) is 4.74 Å². The summed E-state index contributed by atoms with van der Waals surface area (Å²) in [5, 5.41) is 5.84. The lowest BCUT2D eigenvalue weighted by atomic mass is 10.1. The molecule has 7 heteroatoms. The lowest BCUT2D eigenvalue weighted by Crippen LogP contribution is -2.13. The second-order valence-corrected chi connectivity index (χ2v) is 6.32. The molecule has 1 amide bonds. The van der Waals surface area contributed by atoms with Crippen molar-refractivity contribution < 1.29 is 14.3 Å². The molecule has 0 fully saturated rings. The number of methoxy groups -OCH3 is 1. The Morgan fingerprint density at radius 1 is 0.893 bits per heavy atom. The molecule has 3 rings (SSSR count). The van der Waals surface area contributed by atoms with Gasteiger partial charge in [-0.15, -0.1) is 0 Å². The molecule has 142 valence electrons. The third-order valence-electron chi connectivity index (χ3n) is 3.93. The van der Waals surface area contributed by atoms with E-state index >= 15 is 0 Å². The first kappa shape index (κ1) is 19.0. The number of amides is 1. The molecule has 2 aromatic carbocycles. The molecule has 0 aliphatic carbocycles. The van der Waals surface area contributed by atoms with Gasteiger partial charge in [-0.1, -0.05) is 12.1 Å². The van der Waals surface area contributed by atoms with Gasteiger partial charge in [-0.2, -0.15) is 0 Å². The Morgan fingerprint density at radius 3 is 2.21 bits per heavy atom. The van der Waals surface area contributed by atoms with Crippen molar-refractivity contribution in [1.29, 1.82) is 0 Å². The molecule has 0 bridgehead atoms. The van der Waals surface area contributed by atoms with E-state index in [0.717, 1.165) is 16.8 Å². The fourth-order valence-corrected chi connectivity index (χ4v) is 2.73. The Morgan fingerprint density at radius 2 is 1.57 bits per heavy atom. The van der Waals surface area contributed by atoms with E-state index in [0.29, 0.717) is 22.8 Å². The molecule has 1 aromatic heterocycles. The van der Waals surface area contributed by atoms with Crippen LogP contribution < -0.4 is 10.6 Å². The van der Waals surface area contributed by atoms with Crippen LogP contribution in [0.4, 0.5) is 17.3 Å². The predicted molar refractivity (Wildman–Crippen MR) is 107 cm³/mol. The number of aromatic nitrogens is 2. The number of hydrogen-bond donors (Lipinski definition) is 2. The molecule has 2 N–H and O–H groups in total. The highest BCUT2D eigenvalue weighted by Crippen LogP contribution is 2.17. The fraction of sp³-hybridized carbons (Fsp3) is 0.143. The topological polar surface area (TPSA) is 93.2 Å². The zero-order chi connectivity index (χ0) is 20.1. The monoisotopic (exact) mass is 376 g/mol. The highest BCUT2D eigenvalue weighted by atomic mass is 16.5. The minimum absolute atomic E-state index is 0.288. The van der Waals surface area contributed by atoms with Crippen LogP contribution in [0.3, 0.4) is 0 Å². The molecule has 0 saturated heterocycles. The molecular weight excluding hydrogens is 356 g/mol. The van der Waals surface area contributed by atoms with Gasteiger partial charge in [0, 0.05) is 23.8 Å². The Balaban J connectivity index is 1.69. The summed E-state index contributed by atoms with van der Waals surface area (Å²) in [7, 11) is 1.33. The lowest BCUT2D eigenvalue weighted by molar-refractivity contribution is 0.0600. The third-order valence-corrected chi connectivity index (χ3v) is 3.93. The van der Waals surface area contributed by atoms with Gasteiger partial charge in [0.1, 0.15) is 0 Å². The van der Waals surface area contributed by atoms with Gasteiger partial charge in [0.15, 0.2) is 0 Å². The van der Waals surface area contributed by atoms with Crippen LogP contribution in [-0.4, -0.2) is 29.0 Å². The van der Waals surface area contributed by atoms with E-state index in [1.54, 1.807) is 24.3 Å². The highest BCUT2D eigenvalue weighted by molar-refractivity contribution is 6.04. The molecular formula is C21H20N4O3. The van der Waals surface area contributed by atoms with Crippen LogP contribution in [0.15, 0.2) is 54.9 Å². The summed E-state index contributed by atoms with van der Waals surface area (Å²) < 4.78 is 4.70. The second kappa shape index (κ2) is 8.30. The molecule has 0 aliphatic heterocycles. The summed E-state index contributed by atoms with van der Waals surface area (Å²) in [5.74, 6) is -0.405. The maximum atomic E-state index is 12.4. The molecule has 0 spiro atoms. The van der Waals surface area contributed by atoms with Crippen LogP contribution in [0.1, 0.15) is 31.8 Å². The van der Waals surface area contributed by atoms with Crippen LogP contribution in [0.25, 0.3) is 0 Å². The maximum absolute atomic E-state index is 12.4. The first-order valence-corrected chi connectivity index (χ1v) is 8.62. The molecule has 0 radical (unpaired) electrons. The molecule has 7 nitrogen and oxygen atoms in total. The molecule has 0 unspecified atom stereocenters. The normalized spacial score (nSPS) is 10.2. The minimum atomic E-state index is -0.428. The van der Waals surface area contributed by atoms with Gasteiger partial charge < -0.3 is 15.4 Å². The number of anilines is 3. The Labute approximate surface area is 162 Å². The Hall–Kier alpha value is -3.74. The standard InChI is InChI=1S/C21H20N4O3/c1-13-7-14(2)9-18(8-13)24-19(26)16-11-22-21(23-12-16)25-17-6-4-5-15(10-17)20(27)28-3/h4-12H,1-3H3,(H,24,26)(H,22,23,25). The van der Waals surface area contributed by atoms with E-state index < -0.39 is 5.97 Å². The molecule has 0 atom stereocenters. The second-order valence-electron chi connectivity index (χ2n) is 6.32. The van der Waals surface area contributed by atoms with E-state index in [2.05, 4.69) is 20.6 Å². The van der Waals surface area contributed by atoms with E-state index in [1.807, 2.05) is 32.0 Å². The van der Waals surface area contributed by atoms with Crippen molar-refractivity contribution in [2.24, 2.45) is 0 Å². The summed E-state index contributed by atoms with van der Waals surface area (Å²) in [4.78, 5) is 32.3. The van der Waals surface area contributed by atoms with Gasteiger partial charge in [-0.3, -0.25) is 4.79 Å². The van der Waals surface area contributed by atoms with E-state index in [-0.39, 0.29) is 5.91 Å². The third kappa shape index (κ3) is 4.70. The zero-order valence-electron chi connectivity index (χ0n) is 15.8. The van der Waals surface area contributed by atoms with E-state index in [4.69, 9.17) is 4.74 Å². The SMILES string of the molecule is COC(=O)c1cccc(Nc2ncc(C(=O)Nc3cc(C)cc(C)c3)cn2)c1. The van der Waals surface area contributed by atoms with Gasteiger partial charge in [0.2, 0.25) is 5.95 Å². The number of nitrogens with one attached hydrogen (secondary N) is 2. The summed E-state index contributed by atoms with van der Waals surface area (Å²) >= 11 is 0. The van der Waals surface area contributed by atoms with Crippen molar-refractivity contribution in [2.45, 2.75) is 13.8 Å². The van der Waals surface area contributed by atoms with Gasteiger partial charge in [-0.25, -0.2) is 14.8 Å². The number of aryl methyl sites for hydroxylation is 2. The molecule has 0 saturated carbocycles. The summed E-state index contributed by atoms with van der Waals surface area (Å²) in [6, 6.07) is 12.6. The van der Waals surface area contributed by atoms with Gasteiger partial charge >= 0.3 is 5.97 Å². The van der Waals surface area contributed by atoms with Crippen molar-refractivity contribution in [3.8, 4) is 0 Å². The number of esters is 1. The van der Waals surface area contributed by atoms with E-state index in [9.17, 15) is 9.59 Å². The number of benzene rings is 2. The summed E-state index contributed by atoms with van der Waals surface area (Å²) in [6.45, 7) is 3.95. The first-order chi connectivity index (χ1) is 13.4.